The van der Waals surface area contributed by atoms with Gasteiger partial charge in [0.15, 0.2) is 0 Å². The Morgan fingerprint density at radius 2 is 2.00 bits per heavy atom. The number of carbonyl (C=O) groups is 1. The number of allylic oxidation sites excluding steroid dienone is 2. The molecule has 0 unspecified atom stereocenters. The highest BCUT2D eigenvalue weighted by molar-refractivity contribution is 5.81. The van der Waals surface area contributed by atoms with E-state index in [1.807, 2.05) is 0 Å². The molecule has 0 aromatic heterocycles. The Bertz CT molecular complexity index is 343. The predicted molar refractivity (Wildman–Crippen MR) is 84.4 cm³/mol. The molecule has 0 radical (unpaired) electrons. The second-order valence-electron chi connectivity index (χ2n) is 7.12. The summed E-state index contributed by atoms with van der Waals surface area (Å²) in [7, 11) is 0. The maximum Gasteiger partial charge on any atom is 0.225 e. The van der Waals surface area contributed by atoms with Crippen LogP contribution in [0.2, 0.25) is 0 Å². The molecule has 2 aliphatic carbocycles. The van der Waals surface area contributed by atoms with E-state index in [-0.39, 0.29) is 0 Å². The van der Waals surface area contributed by atoms with Crippen molar-refractivity contribution in [1.29, 1.82) is 0 Å². The number of carbonyl (C=O) groups excluding carboxylic acids is 1. The largest absolute Gasteiger partial charge is 0.342 e. The molecule has 2 nitrogen and oxygen atoms in total. The first-order valence-electron chi connectivity index (χ1n) is 8.55. The molecule has 114 valence electrons. The third-order valence-electron chi connectivity index (χ3n) is 4.45. The Morgan fingerprint density at radius 1 is 1.25 bits per heavy atom. The number of rotatable bonds is 9. The molecule has 0 heterocycles. The predicted octanol–water partition coefficient (Wildman–Crippen LogP) is 4.26. The van der Waals surface area contributed by atoms with E-state index in [9.17, 15) is 4.79 Å². The summed E-state index contributed by atoms with van der Waals surface area (Å²) in [6.07, 6.45) is 11.9. The van der Waals surface area contributed by atoms with E-state index < -0.39 is 0 Å². The summed E-state index contributed by atoms with van der Waals surface area (Å²) in [5.41, 5.74) is 0. The summed E-state index contributed by atoms with van der Waals surface area (Å²) >= 11 is 0. The highest BCUT2D eigenvalue weighted by Gasteiger charge is 2.40. The summed E-state index contributed by atoms with van der Waals surface area (Å²) in [5.74, 6) is 3.06. The molecule has 2 heteroatoms. The third kappa shape index (κ3) is 4.96. The highest BCUT2D eigenvalue weighted by Crippen LogP contribution is 2.43. The van der Waals surface area contributed by atoms with E-state index in [4.69, 9.17) is 0 Å². The lowest BCUT2D eigenvalue weighted by atomic mass is 10.1. The minimum atomic E-state index is 0.374. The van der Waals surface area contributed by atoms with Crippen LogP contribution >= 0.6 is 0 Å². The Hall–Kier alpha value is -0.790. The number of hydrogen-bond acceptors (Lipinski definition) is 1. The van der Waals surface area contributed by atoms with Gasteiger partial charge in [0.05, 0.1) is 0 Å². The fraction of sp³-hybridized carbons (Fsp3) is 0.833. The molecule has 2 aliphatic rings. The van der Waals surface area contributed by atoms with E-state index in [0.717, 1.165) is 44.2 Å². The molecule has 0 aliphatic heterocycles. The minimum Gasteiger partial charge on any atom is -0.342 e. The van der Waals surface area contributed by atoms with Crippen molar-refractivity contribution < 1.29 is 4.79 Å². The average molecular weight is 277 g/mol. The zero-order chi connectivity index (χ0) is 14.5. The Morgan fingerprint density at radius 3 is 2.60 bits per heavy atom. The number of hydrogen-bond donors (Lipinski definition) is 0. The van der Waals surface area contributed by atoms with Crippen LogP contribution in [-0.4, -0.2) is 23.9 Å². The van der Waals surface area contributed by atoms with Gasteiger partial charge in [0, 0.05) is 19.0 Å². The van der Waals surface area contributed by atoms with Crippen LogP contribution in [0.5, 0.6) is 0 Å². The summed E-state index contributed by atoms with van der Waals surface area (Å²) in [5, 5.41) is 0. The molecule has 0 saturated heterocycles. The zero-order valence-electron chi connectivity index (χ0n) is 13.5. The lowest BCUT2D eigenvalue weighted by Crippen LogP contribution is -2.37. The van der Waals surface area contributed by atoms with Crippen LogP contribution in [0, 0.1) is 23.7 Å². The average Bonchev–Trinajstić information content (AvgIpc) is 3.28. The summed E-state index contributed by atoms with van der Waals surface area (Å²) < 4.78 is 0. The Balaban J connectivity index is 1.72. The van der Waals surface area contributed by atoms with Crippen molar-refractivity contribution in [2.75, 3.05) is 13.1 Å². The highest BCUT2D eigenvalue weighted by atomic mass is 16.2. The molecule has 2 atom stereocenters. The standard InChI is InChI=1S/C18H31NO/c1-4-5-6-7-8-16-11-17(16)13-19(12-14(2)3)18(20)15-9-10-15/h5-6,14-17H,4,7-13H2,1-3H3/b6-5-/t16-,17-/m0/s1. The summed E-state index contributed by atoms with van der Waals surface area (Å²) in [4.78, 5) is 14.5. The molecule has 0 spiro atoms. The Kier molecular flexibility index (Phi) is 5.68. The number of nitrogens with zero attached hydrogens (tertiary/aromatic N) is 1. The first-order chi connectivity index (χ1) is 9.61. The molecule has 0 aromatic carbocycles. The van der Waals surface area contributed by atoms with E-state index in [1.165, 1.54) is 19.3 Å². The fourth-order valence-corrected chi connectivity index (χ4v) is 3.05. The quantitative estimate of drug-likeness (QED) is 0.577. The van der Waals surface area contributed by atoms with Crippen molar-refractivity contribution in [3.63, 3.8) is 0 Å². The molecule has 1 amide bonds. The second-order valence-corrected chi connectivity index (χ2v) is 7.12. The SMILES string of the molecule is CC/C=C\CC[C@H]1C[C@H]1CN(CC(C)C)C(=O)C1CC1. The van der Waals surface area contributed by atoms with Crippen molar-refractivity contribution in [2.45, 2.75) is 59.3 Å². The van der Waals surface area contributed by atoms with E-state index in [0.29, 0.717) is 17.7 Å². The van der Waals surface area contributed by atoms with Crippen LogP contribution in [0.25, 0.3) is 0 Å². The van der Waals surface area contributed by atoms with Crippen LogP contribution < -0.4 is 0 Å². The summed E-state index contributed by atoms with van der Waals surface area (Å²) in [6, 6.07) is 0. The van der Waals surface area contributed by atoms with Crippen molar-refractivity contribution in [1.82, 2.24) is 4.90 Å². The van der Waals surface area contributed by atoms with Gasteiger partial charge in [0.2, 0.25) is 5.91 Å². The first-order valence-corrected chi connectivity index (χ1v) is 8.55. The molecule has 20 heavy (non-hydrogen) atoms. The van der Waals surface area contributed by atoms with Gasteiger partial charge in [-0.15, -0.1) is 0 Å². The minimum absolute atomic E-state index is 0.374. The van der Waals surface area contributed by atoms with Gasteiger partial charge in [-0.2, -0.15) is 0 Å². The van der Waals surface area contributed by atoms with E-state index in [2.05, 4.69) is 37.8 Å². The van der Waals surface area contributed by atoms with Crippen molar-refractivity contribution in [2.24, 2.45) is 23.7 Å². The maximum absolute atomic E-state index is 12.3. The lowest BCUT2D eigenvalue weighted by molar-refractivity contribution is -0.133. The molecule has 0 aromatic rings. The van der Waals surface area contributed by atoms with Crippen LogP contribution in [0.15, 0.2) is 12.2 Å². The van der Waals surface area contributed by atoms with Crippen LogP contribution in [-0.2, 0) is 4.79 Å². The van der Waals surface area contributed by atoms with Gasteiger partial charge >= 0.3 is 0 Å². The molecule has 2 rings (SSSR count). The van der Waals surface area contributed by atoms with Crippen LogP contribution in [0.1, 0.15) is 59.3 Å². The monoisotopic (exact) mass is 277 g/mol. The molecule has 2 saturated carbocycles. The van der Waals surface area contributed by atoms with Crippen molar-refractivity contribution in [3.8, 4) is 0 Å². The van der Waals surface area contributed by atoms with Gasteiger partial charge in [0.25, 0.3) is 0 Å². The van der Waals surface area contributed by atoms with Crippen LogP contribution in [0.3, 0.4) is 0 Å². The zero-order valence-corrected chi connectivity index (χ0v) is 13.5. The van der Waals surface area contributed by atoms with E-state index in [1.54, 1.807) is 0 Å². The van der Waals surface area contributed by atoms with Crippen LogP contribution in [0.4, 0.5) is 0 Å². The van der Waals surface area contributed by atoms with Gasteiger partial charge < -0.3 is 4.90 Å². The molecule has 0 bridgehead atoms. The maximum atomic E-state index is 12.3. The van der Waals surface area contributed by atoms with Gasteiger partial charge in [-0.1, -0.05) is 32.9 Å². The fourth-order valence-electron chi connectivity index (χ4n) is 3.05. The molecule has 2 fully saturated rings. The van der Waals surface area contributed by atoms with E-state index >= 15 is 0 Å². The first kappa shape index (κ1) is 15.6. The Labute approximate surface area is 124 Å². The smallest absolute Gasteiger partial charge is 0.225 e. The van der Waals surface area contributed by atoms with Crippen molar-refractivity contribution in [3.05, 3.63) is 12.2 Å². The summed E-state index contributed by atoms with van der Waals surface area (Å²) in [6.45, 7) is 8.59. The molecule has 0 N–H and O–H groups in total. The topological polar surface area (TPSA) is 20.3 Å². The second kappa shape index (κ2) is 7.28. The normalized spacial score (nSPS) is 25.4. The molecular weight excluding hydrogens is 246 g/mol. The van der Waals surface area contributed by atoms with Crippen molar-refractivity contribution >= 4 is 5.91 Å². The van der Waals surface area contributed by atoms with Gasteiger partial charge in [-0.3, -0.25) is 4.79 Å². The van der Waals surface area contributed by atoms with Gasteiger partial charge in [-0.05, 0) is 56.3 Å². The molecular formula is C18H31NO. The van der Waals surface area contributed by atoms with Gasteiger partial charge in [0.1, 0.15) is 0 Å². The third-order valence-corrected chi connectivity index (χ3v) is 4.45. The lowest BCUT2D eigenvalue weighted by Gasteiger charge is -2.25. The number of amides is 1. The van der Waals surface area contributed by atoms with Gasteiger partial charge in [-0.25, -0.2) is 0 Å².